The lowest BCUT2D eigenvalue weighted by molar-refractivity contribution is 0.603. The smallest absolute Gasteiger partial charge is 0.251 e. The molecule has 20 heavy (non-hydrogen) atoms. The first-order valence-electron chi connectivity index (χ1n) is 6.73. The number of sulfonamides is 1. The van der Waals surface area contributed by atoms with Gasteiger partial charge in [-0.1, -0.05) is 25.0 Å². The second-order valence-electron chi connectivity index (χ2n) is 5.48. The Morgan fingerprint density at radius 3 is 2.55 bits per heavy atom. The molecule has 0 amide bonds. The zero-order chi connectivity index (χ0) is 14.4. The van der Waals surface area contributed by atoms with E-state index in [0.29, 0.717) is 5.84 Å². The van der Waals surface area contributed by atoms with Gasteiger partial charge in [0.15, 0.2) is 0 Å². The monoisotopic (exact) mass is 310 g/mol. The zero-order valence-electron chi connectivity index (χ0n) is 11.7. The maximum Gasteiger partial charge on any atom is 0.251 e. The third-order valence-electron chi connectivity index (χ3n) is 3.92. The van der Waals surface area contributed by atoms with Crippen LogP contribution in [-0.2, 0) is 10.0 Å². The molecule has 1 aromatic carbocycles. The summed E-state index contributed by atoms with van der Waals surface area (Å²) in [4.78, 5) is 3.17. The highest BCUT2D eigenvalue weighted by Crippen LogP contribution is 2.52. The molecule has 108 valence electrons. The predicted molar refractivity (Wildman–Crippen MR) is 84.2 cm³/mol. The number of anilines is 1. The third kappa shape index (κ3) is 2.35. The molecule has 1 spiro atoms. The molecule has 0 bridgehead atoms. The van der Waals surface area contributed by atoms with Gasteiger partial charge in [0.2, 0.25) is 0 Å². The number of rotatable bonds is 1. The molecule has 4 nitrogen and oxygen atoms in total. The summed E-state index contributed by atoms with van der Waals surface area (Å²) in [5, 5.41) is 0. The van der Waals surface area contributed by atoms with E-state index in [-0.39, 0.29) is 4.75 Å². The number of nitrogens with zero attached hydrogens (tertiary/aromatic N) is 2. The summed E-state index contributed by atoms with van der Waals surface area (Å²) in [6.45, 7) is 0. The molecular formula is C14H18N2O2S2. The summed E-state index contributed by atoms with van der Waals surface area (Å²) >= 11 is 1.78. The van der Waals surface area contributed by atoms with Gasteiger partial charge in [0.05, 0.1) is 16.7 Å². The van der Waals surface area contributed by atoms with Crippen molar-refractivity contribution in [2.24, 2.45) is 4.40 Å². The molecule has 1 saturated carbocycles. The summed E-state index contributed by atoms with van der Waals surface area (Å²) in [6.07, 6.45) is 5.41. The van der Waals surface area contributed by atoms with Crippen molar-refractivity contribution in [3.8, 4) is 0 Å². The van der Waals surface area contributed by atoms with Crippen LogP contribution in [0.25, 0.3) is 0 Å². The van der Waals surface area contributed by atoms with Gasteiger partial charge in [-0.3, -0.25) is 0 Å². The van der Waals surface area contributed by atoms with E-state index >= 15 is 0 Å². The van der Waals surface area contributed by atoms with Crippen molar-refractivity contribution in [2.45, 2.75) is 35.3 Å². The molecule has 1 aliphatic carbocycles. The maximum absolute atomic E-state index is 11.7. The minimum atomic E-state index is -3.39. The largest absolute Gasteiger partial charge is 0.330 e. The van der Waals surface area contributed by atoms with Crippen molar-refractivity contribution in [3.05, 3.63) is 24.3 Å². The molecule has 0 saturated heterocycles. The van der Waals surface area contributed by atoms with E-state index in [9.17, 15) is 8.42 Å². The average Bonchev–Trinajstić information content (AvgIpc) is 2.83. The number of fused-ring (bicyclic) bond motifs is 1. The fourth-order valence-electron chi connectivity index (χ4n) is 3.07. The summed E-state index contributed by atoms with van der Waals surface area (Å²) in [7, 11) is -1.47. The van der Waals surface area contributed by atoms with Crippen LogP contribution < -0.4 is 4.90 Å². The van der Waals surface area contributed by atoms with Crippen molar-refractivity contribution in [1.29, 1.82) is 0 Å². The highest BCUT2D eigenvalue weighted by atomic mass is 32.2. The minimum Gasteiger partial charge on any atom is -0.330 e. The molecule has 0 aromatic heterocycles. The van der Waals surface area contributed by atoms with Crippen LogP contribution in [0, 0.1) is 0 Å². The standard InChI is InChI=1S/C14H18N2O2S2/c1-16-11-7-3-4-8-12(11)19-14(9-5-6-10-14)13(16)15-20(2,17)18/h3-4,7-8H,5-6,9-10H2,1-2H3/b15-13-. The van der Waals surface area contributed by atoms with E-state index in [2.05, 4.69) is 10.5 Å². The Labute approximate surface area is 124 Å². The topological polar surface area (TPSA) is 49.7 Å². The Morgan fingerprint density at radius 1 is 1.25 bits per heavy atom. The van der Waals surface area contributed by atoms with Crippen LogP contribution in [0.4, 0.5) is 5.69 Å². The van der Waals surface area contributed by atoms with Gasteiger partial charge in [0.25, 0.3) is 10.0 Å². The second-order valence-corrected chi connectivity index (χ2v) is 8.55. The fraction of sp³-hybridized carbons (Fsp3) is 0.500. The molecule has 3 rings (SSSR count). The van der Waals surface area contributed by atoms with Gasteiger partial charge >= 0.3 is 0 Å². The van der Waals surface area contributed by atoms with Gasteiger partial charge in [0, 0.05) is 11.9 Å². The van der Waals surface area contributed by atoms with Gasteiger partial charge in [-0.05, 0) is 25.0 Å². The van der Waals surface area contributed by atoms with Crippen molar-refractivity contribution in [1.82, 2.24) is 0 Å². The lowest BCUT2D eigenvalue weighted by Crippen LogP contribution is -2.47. The van der Waals surface area contributed by atoms with Gasteiger partial charge < -0.3 is 4.90 Å². The van der Waals surface area contributed by atoms with Gasteiger partial charge in [-0.2, -0.15) is 0 Å². The minimum absolute atomic E-state index is 0.174. The van der Waals surface area contributed by atoms with Crippen molar-refractivity contribution >= 4 is 33.3 Å². The zero-order valence-corrected chi connectivity index (χ0v) is 13.3. The lowest BCUT2D eigenvalue weighted by Gasteiger charge is -2.41. The molecule has 0 unspecified atom stereocenters. The summed E-state index contributed by atoms with van der Waals surface area (Å²) < 4.78 is 27.3. The van der Waals surface area contributed by atoms with E-state index in [1.54, 1.807) is 11.8 Å². The van der Waals surface area contributed by atoms with Gasteiger partial charge in [-0.25, -0.2) is 8.42 Å². The summed E-state index contributed by atoms with van der Waals surface area (Å²) in [5.41, 5.74) is 1.04. The van der Waals surface area contributed by atoms with E-state index in [1.807, 2.05) is 30.1 Å². The first-order valence-corrected chi connectivity index (χ1v) is 9.40. The van der Waals surface area contributed by atoms with Crippen LogP contribution in [-0.4, -0.2) is 32.3 Å². The first-order chi connectivity index (χ1) is 9.41. The Bertz CT molecular complexity index is 662. The number of hydrogen-bond donors (Lipinski definition) is 0. The normalized spacial score (nSPS) is 23.3. The van der Waals surface area contributed by atoms with E-state index in [4.69, 9.17) is 0 Å². The predicted octanol–water partition coefficient (Wildman–Crippen LogP) is 2.90. The lowest BCUT2D eigenvalue weighted by atomic mass is 10.0. The van der Waals surface area contributed by atoms with Crippen LogP contribution in [0.15, 0.2) is 33.6 Å². The molecule has 2 aliphatic rings. The van der Waals surface area contributed by atoms with Crippen LogP contribution in [0.2, 0.25) is 0 Å². The van der Waals surface area contributed by atoms with Crippen molar-refractivity contribution in [3.63, 3.8) is 0 Å². The van der Waals surface area contributed by atoms with Gasteiger partial charge in [0.1, 0.15) is 5.84 Å². The third-order valence-corrected chi connectivity index (χ3v) is 5.97. The molecule has 6 heteroatoms. The van der Waals surface area contributed by atoms with Crippen LogP contribution in [0.1, 0.15) is 25.7 Å². The fourth-order valence-corrected chi connectivity index (χ4v) is 5.38. The van der Waals surface area contributed by atoms with Crippen molar-refractivity contribution < 1.29 is 8.42 Å². The van der Waals surface area contributed by atoms with E-state index in [0.717, 1.165) is 31.4 Å². The molecule has 1 fully saturated rings. The number of hydrogen-bond acceptors (Lipinski definition) is 3. The Morgan fingerprint density at radius 2 is 1.90 bits per heavy atom. The first kappa shape index (κ1) is 13.9. The van der Waals surface area contributed by atoms with E-state index in [1.165, 1.54) is 11.2 Å². The quantitative estimate of drug-likeness (QED) is 0.800. The second kappa shape index (κ2) is 4.77. The van der Waals surface area contributed by atoms with Gasteiger partial charge in [-0.15, -0.1) is 16.2 Å². The highest BCUT2D eigenvalue weighted by Gasteiger charge is 2.46. The molecular weight excluding hydrogens is 292 g/mol. The van der Waals surface area contributed by atoms with Crippen LogP contribution in [0.5, 0.6) is 0 Å². The average molecular weight is 310 g/mol. The Hall–Kier alpha value is -1.01. The molecule has 1 aromatic rings. The molecule has 1 heterocycles. The summed E-state index contributed by atoms with van der Waals surface area (Å²) in [5.74, 6) is 0.696. The molecule has 0 N–H and O–H groups in total. The summed E-state index contributed by atoms with van der Waals surface area (Å²) in [6, 6.07) is 8.12. The van der Waals surface area contributed by atoms with Crippen molar-refractivity contribution in [2.75, 3.05) is 18.2 Å². The molecule has 1 aliphatic heterocycles. The highest BCUT2D eigenvalue weighted by molar-refractivity contribution is 8.01. The SMILES string of the molecule is CN1/C(=N\S(C)(=O)=O)C2(CCCC2)Sc2ccccc21. The number of thioether (sulfide) groups is 1. The van der Waals surface area contributed by atoms with E-state index < -0.39 is 10.0 Å². The maximum atomic E-state index is 11.7. The van der Waals surface area contributed by atoms with Crippen LogP contribution in [0.3, 0.4) is 0 Å². The molecule has 0 radical (unpaired) electrons. The van der Waals surface area contributed by atoms with Crippen LogP contribution >= 0.6 is 11.8 Å². The Balaban J connectivity index is 2.18. The Kier molecular flexibility index (Phi) is 3.33. The number of para-hydroxylation sites is 1. The molecule has 0 atom stereocenters. The number of benzene rings is 1. The number of amidine groups is 1.